The highest BCUT2D eigenvalue weighted by atomic mass is 32.1. The fraction of sp³-hybridized carbons (Fsp3) is 0.500. The SMILES string of the molecule is CCOC(=O)[C@@H]1CCCN(Cn2nc(-c3ccc(C)cc3)oc2=S)C1. The molecule has 2 aromatic rings. The van der Waals surface area contributed by atoms with Crippen LogP contribution in [0.5, 0.6) is 0 Å². The van der Waals surface area contributed by atoms with Crippen molar-refractivity contribution in [3.63, 3.8) is 0 Å². The average molecular weight is 361 g/mol. The Bertz CT molecular complexity index is 782. The van der Waals surface area contributed by atoms with Crippen molar-refractivity contribution in [1.29, 1.82) is 0 Å². The molecule has 0 amide bonds. The Labute approximate surface area is 152 Å². The van der Waals surface area contributed by atoms with E-state index < -0.39 is 0 Å². The van der Waals surface area contributed by atoms with Gasteiger partial charge in [0.25, 0.3) is 4.84 Å². The van der Waals surface area contributed by atoms with Gasteiger partial charge in [0, 0.05) is 12.1 Å². The summed E-state index contributed by atoms with van der Waals surface area (Å²) in [6.07, 6.45) is 1.83. The highest BCUT2D eigenvalue weighted by Gasteiger charge is 2.27. The molecule has 0 radical (unpaired) electrons. The Morgan fingerprint density at radius 3 is 2.88 bits per heavy atom. The van der Waals surface area contributed by atoms with Gasteiger partial charge < -0.3 is 9.15 Å². The van der Waals surface area contributed by atoms with E-state index in [0.717, 1.165) is 24.9 Å². The van der Waals surface area contributed by atoms with E-state index in [1.807, 2.05) is 38.1 Å². The molecular formula is C18H23N3O3S. The predicted octanol–water partition coefficient (Wildman–Crippen LogP) is 3.41. The Kier molecular flexibility index (Phi) is 5.65. The van der Waals surface area contributed by atoms with Crippen molar-refractivity contribution < 1.29 is 13.9 Å². The molecule has 3 rings (SSSR count). The first-order valence-corrected chi connectivity index (χ1v) is 9.01. The van der Waals surface area contributed by atoms with Crippen molar-refractivity contribution in [3.05, 3.63) is 34.7 Å². The van der Waals surface area contributed by atoms with Crippen molar-refractivity contribution in [2.75, 3.05) is 19.7 Å². The van der Waals surface area contributed by atoms with Gasteiger partial charge in [-0.1, -0.05) is 17.7 Å². The Hall–Kier alpha value is -1.99. The van der Waals surface area contributed by atoms with Crippen LogP contribution < -0.4 is 0 Å². The Morgan fingerprint density at radius 1 is 1.40 bits per heavy atom. The van der Waals surface area contributed by atoms with E-state index >= 15 is 0 Å². The molecule has 25 heavy (non-hydrogen) atoms. The van der Waals surface area contributed by atoms with E-state index in [-0.39, 0.29) is 11.9 Å². The number of carbonyl (C=O) groups excluding carboxylic acids is 1. The third-order valence-electron chi connectivity index (χ3n) is 4.36. The quantitative estimate of drug-likeness (QED) is 0.601. The van der Waals surface area contributed by atoms with E-state index in [0.29, 0.717) is 30.5 Å². The molecule has 6 nitrogen and oxygen atoms in total. The molecule has 1 atom stereocenters. The van der Waals surface area contributed by atoms with Gasteiger partial charge in [0.2, 0.25) is 5.89 Å². The summed E-state index contributed by atoms with van der Waals surface area (Å²) in [6.45, 7) is 6.37. The first-order valence-electron chi connectivity index (χ1n) is 8.61. The lowest BCUT2D eigenvalue weighted by Crippen LogP contribution is -2.40. The van der Waals surface area contributed by atoms with Crippen LogP contribution in [0.2, 0.25) is 0 Å². The van der Waals surface area contributed by atoms with Crippen LogP contribution in [-0.4, -0.2) is 40.3 Å². The van der Waals surface area contributed by atoms with Crippen molar-refractivity contribution >= 4 is 18.2 Å². The first-order chi connectivity index (χ1) is 12.1. The molecule has 0 N–H and O–H groups in total. The molecule has 7 heteroatoms. The van der Waals surface area contributed by atoms with Gasteiger partial charge in [-0.25, -0.2) is 4.68 Å². The molecule has 1 aromatic heterocycles. The summed E-state index contributed by atoms with van der Waals surface area (Å²) in [5, 5.41) is 4.50. The lowest BCUT2D eigenvalue weighted by atomic mass is 9.99. The summed E-state index contributed by atoms with van der Waals surface area (Å²) in [5.41, 5.74) is 2.08. The van der Waals surface area contributed by atoms with Gasteiger partial charge in [-0.15, -0.1) is 5.10 Å². The molecule has 1 fully saturated rings. The number of nitrogens with zero attached hydrogens (tertiary/aromatic N) is 3. The second-order valence-electron chi connectivity index (χ2n) is 6.35. The van der Waals surface area contributed by atoms with Gasteiger partial charge in [-0.2, -0.15) is 0 Å². The van der Waals surface area contributed by atoms with Crippen LogP contribution in [0.25, 0.3) is 11.5 Å². The molecule has 0 aliphatic carbocycles. The molecular weight excluding hydrogens is 338 g/mol. The highest BCUT2D eigenvalue weighted by Crippen LogP contribution is 2.21. The van der Waals surface area contributed by atoms with Gasteiger partial charge in [-0.3, -0.25) is 9.69 Å². The Morgan fingerprint density at radius 2 is 2.16 bits per heavy atom. The number of piperidine rings is 1. The number of carbonyl (C=O) groups is 1. The number of hydrogen-bond donors (Lipinski definition) is 0. The fourth-order valence-corrected chi connectivity index (χ4v) is 3.21. The van der Waals surface area contributed by atoms with Crippen LogP contribution in [-0.2, 0) is 16.2 Å². The third kappa shape index (κ3) is 4.35. The summed E-state index contributed by atoms with van der Waals surface area (Å²) in [4.78, 5) is 14.5. The smallest absolute Gasteiger partial charge is 0.310 e. The van der Waals surface area contributed by atoms with Crippen molar-refractivity contribution in [2.45, 2.75) is 33.4 Å². The maximum atomic E-state index is 12.0. The number of likely N-dealkylation sites (tertiary alicyclic amines) is 1. The zero-order chi connectivity index (χ0) is 17.8. The average Bonchev–Trinajstić information content (AvgIpc) is 2.97. The Balaban J connectivity index is 1.69. The maximum absolute atomic E-state index is 12.0. The van der Waals surface area contributed by atoms with Crippen molar-refractivity contribution in [1.82, 2.24) is 14.7 Å². The van der Waals surface area contributed by atoms with E-state index in [2.05, 4.69) is 10.00 Å². The zero-order valence-corrected chi connectivity index (χ0v) is 15.4. The second kappa shape index (κ2) is 7.93. The number of rotatable bonds is 5. The summed E-state index contributed by atoms with van der Waals surface area (Å²) < 4.78 is 12.5. The van der Waals surface area contributed by atoms with Crippen LogP contribution in [0.3, 0.4) is 0 Å². The maximum Gasteiger partial charge on any atom is 0.310 e. The minimum absolute atomic E-state index is 0.0775. The molecule has 1 saturated heterocycles. The van der Waals surface area contributed by atoms with E-state index in [1.165, 1.54) is 5.56 Å². The molecule has 0 spiro atoms. The standard InChI is InChI=1S/C18H23N3O3S/c1-3-23-17(22)15-5-4-10-20(11-15)12-21-18(25)24-16(19-21)14-8-6-13(2)7-9-14/h6-9,15H,3-5,10-12H2,1-2H3/t15-/m1/s1. The van der Waals surface area contributed by atoms with Crippen LogP contribution in [0.1, 0.15) is 25.3 Å². The largest absolute Gasteiger partial charge is 0.466 e. The number of benzene rings is 1. The molecule has 1 aromatic carbocycles. The van der Waals surface area contributed by atoms with Crippen LogP contribution in [0.15, 0.2) is 28.7 Å². The predicted molar refractivity (Wildman–Crippen MR) is 96.4 cm³/mol. The minimum atomic E-state index is -0.115. The van der Waals surface area contributed by atoms with Crippen LogP contribution in [0.4, 0.5) is 0 Å². The number of ether oxygens (including phenoxy) is 1. The van der Waals surface area contributed by atoms with Gasteiger partial charge in [0.05, 0.1) is 19.2 Å². The van der Waals surface area contributed by atoms with E-state index in [1.54, 1.807) is 4.68 Å². The molecule has 0 saturated carbocycles. The molecule has 1 aliphatic heterocycles. The molecule has 0 unspecified atom stereocenters. The third-order valence-corrected chi connectivity index (χ3v) is 4.66. The number of hydrogen-bond acceptors (Lipinski definition) is 6. The van der Waals surface area contributed by atoms with Gasteiger partial charge in [0.15, 0.2) is 0 Å². The summed E-state index contributed by atoms with van der Waals surface area (Å²) >= 11 is 5.31. The molecule has 2 heterocycles. The zero-order valence-electron chi connectivity index (χ0n) is 14.6. The van der Waals surface area contributed by atoms with Gasteiger partial charge >= 0.3 is 5.97 Å². The number of aromatic nitrogens is 2. The first kappa shape index (κ1) is 17.8. The lowest BCUT2D eigenvalue weighted by molar-refractivity contribution is -0.150. The topological polar surface area (TPSA) is 60.5 Å². The second-order valence-corrected chi connectivity index (χ2v) is 6.70. The van der Waals surface area contributed by atoms with E-state index in [4.69, 9.17) is 21.4 Å². The van der Waals surface area contributed by atoms with Crippen LogP contribution in [0, 0.1) is 17.7 Å². The summed E-state index contributed by atoms with van der Waals surface area (Å²) in [6, 6.07) is 7.97. The van der Waals surface area contributed by atoms with Crippen molar-refractivity contribution in [2.24, 2.45) is 5.92 Å². The monoisotopic (exact) mass is 361 g/mol. The fourth-order valence-electron chi connectivity index (χ4n) is 3.03. The number of esters is 1. The summed E-state index contributed by atoms with van der Waals surface area (Å²) in [5.74, 6) is 0.326. The van der Waals surface area contributed by atoms with E-state index in [9.17, 15) is 4.79 Å². The summed E-state index contributed by atoms with van der Waals surface area (Å²) in [7, 11) is 0. The molecule has 134 valence electrons. The van der Waals surface area contributed by atoms with Crippen LogP contribution >= 0.6 is 12.2 Å². The minimum Gasteiger partial charge on any atom is -0.466 e. The van der Waals surface area contributed by atoms with Gasteiger partial charge in [-0.05, 0) is 57.6 Å². The van der Waals surface area contributed by atoms with Gasteiger partial charge in [0.1, 0.15) is 0 Å². The molecule has 0 bridgehead atoms. The molecule has 1 aliphatic rings. The lowest BCUT2D eigenvalue weighted by Gasteiger charge is -2.30. The highest BCUT2D eigenvalue weighted by molar-refractivity contribution is 7.71. The normalized spacial score (nSPS) is 18.2. The number of aryl methyl sites for hydroxylation is 1. The van der Waals surface area contributed by atoms with Crippen molar-refractivity contribution in [3.8, 4) is 11.5 Å².